The normalized spacial score (nSPS) is 23.0. The molecule has 2 aliphatic rings. The Bertz CT molecular complexity index is 513. The van der Waals surface area contributed by atoms with Gasteiger partial charge < -0.3 is 15.8 Å². The molecule has 2 fully saturated rings. The number of nitrogens with zero attached hydrogens (tertiary/aromatic N) is 1. The fourth-order valence-electron chi connectivity index (χ4n) is 2.54. The van der Waals surface area contributed by atoms with Gasteiger partial charge in [-0.05, 0) is 25.0 Å². The summed E-state index contributed by atoms with van der Waals surface area (Å²) in [5.41, 5.74) is 7.84. The molecular formula is C15H20BrN3O2. The Morgan fingerprint density at radius 1 is 1.48 bits per heavy atom. The van der Waals surface area contributed by atoms with Gasteiger partial charge in [-0.25, -0.2) is 0 Å². The number of ether oxygens (including phenoxy) is 1. The number of carbonyl (C=O) groups is 1. The number of amides is 1. The second-order valence-electron chi connectivity index (χ2n) is 5.65. The summed E-state index contributed by atoms with van der Waals surface area (Å²) < 4.78 is 6.47. The molecule has 3 rings (SSSR count). The second-order valence-corrected chi connectivity index (χ2v) is 6.51. The van der Waals surface area contributed by atoms with Gasteiger partial charge in [0, 0.05) is 34.9 Å². The Morgan fingerprint density at radius 3 is 3.00 bits per heavy atom. The van der Waals surface area contributed by atoms with Crippen LogP contribution in [0.2, 0.25) is 0 Å². The number of hydrogen-bond donors (Lipinski definition) is 2. The molecule has 0 aromatic heterocycles. The number of carbonyl (C=O) groups excluding carboxylic acids is 1. The highest BCUT2D eigenvalue weighted by Crippen LogP contribution is 2.26. The second kappa shape index (κ2) is 6.34. The third-order valence-corrected chi connectivity index (χ3v) is 4.72. The largest absolute Gasteiger partial charge is 0.398 e. The van der Waals surface area contributed by atoms with Crippen LogP contribution in [0.1, 0.15) is 18.4 Å². The van der Waals surface area contributed by atoms with E-state index < -0.39 is 0 Å². The molecule has 1 heterocycles. The van der Waals surface area contributed by atoms with Gasteiger partial charge in [-0.15, -0.1) is 0 Å². The smallest absolute Gasteiger partial charge is 0.239 e. The lowest BCUT2D eigenvalue weighted by Gasteiger charge is -2.35. The van der Waals surface area contributed by atoms with Gasteiger partial charge in [0.1, 0.15) is 6.04 Å². The zero-order valence-electron chi connectivity index (χ0n) is 11.8. The quantitative estimate of drug-likeness (QED) is 0.805. The van der Waals surface area contributed by atoms with E-state index in [4.69, 9.17) is 10.5 Å². The molecule has 1 aliphatic carbocycles. The zero-order chi connectivity index (χ0) is 14.8. The third-order valence-electron chi connectivity index (χ3n) is 3.98. The summed E-state index contributed by atoms with van der Waals surface area (Å²) >= 11 is 3.54. The summed E-state index contributed by atoms with van der Waals surface area (Å²) in [4.78, 5) is 14.5. The number of nitrogens with two attached hydrogens (primary N) is 1. The van der Waals surface area contributed by atoms with E-state index in [2.05, 4.69) is 26.1 Å². The first-order valence-corrected chi connectivity index (χ1v) is 8.09. The van der Waals surface area contributed by atoms with Crippen LogP contribution < -0.4 is 11.1 Å². The van der Waals surface area contributed by atoms with Crippen molar-refractivity contribution in [2.45, 2.75) is 31.5 Å². The number of halogens is 1. The minimum absolute atomic E-state index is 0.0721. The van der Waals surface area contributed by atoms with Gasteiger partial charge in [-0.3, -0.25) is 9.69 Å². The van der Waals surface area contributed by atoms with Gasteiger partial charge in [-0.2, -0.15) is 0 Å². The maximum atomic E-state index is 12.3. The molecule has 1 aliphatic heterocycles. The minimum atomic E-state index is -0.231. The van der Waals surface area contributed by atoms with Gasteiger partial charge in [-0.1, -0.05) is 22.0 Å². The van der Waals surface area contributed by atoms with Gasteiger partial charge >= 0.3 is 0 Å². The first-order valence-electron chi connectivity index (χ1n) is 7.30. The Hall–Kier alpha value is -1.11. The molecule has 0 bridgehead atoms. The van der Waals surface area contributed by atoms with Gasteiger partial charge in [0.05, 0.1) is 13.2 Å². The molecule has 5 nitrogen and oxygen atoms in total. The molecule has 1 unspecified atom stereocenters. The molecule has 21 heavy (non-hydrogen) atoms. The van der Waals surface area contributed by atoms with Crippen LogP contribution in [0, 0.1) is 0 Å². The van der Waals surface area contributed by atoms with E-state index in [9.17, 15) is 4.79 Å². The molecule has 6 heteroatoms. The average Bonchev–Trinajstić information content (AvgIpc) is 3.27. The van der Waals surface area contributed by atoms with Crippen LogP contribution in [0.15, 0.2) is 22.7 Å². The minimum Gasteiger partial charge on any atom is -0.398 e. The molecule has 1 saturated carbocycles. The van der Waals surface area contributed by atoms with Crippen molar-refractivity contribution in [3.8, 4) is 0 Å². The standard InChI is InChI=1S/C15H20BrN3O2/c16-12-2-1-3-13(17)11(12)8-19-6-7-21-9-14(19)15(20)18-10-4-5-10/h1-3,10,14H,4-9,17H2,(H,18,20). The summed E-state index contributed by atoms with van der Waals surface area (Å²) in [5.74, 6) is 0.0721. The molecule has 0 radical (unpaired) electrons. The number of morpholine rings is 1. The van der Waals surface area contributed by atoms with Crippen LogP contribution in [-0.4, -0.2) is 42.6 Å². The van der Waals surface area contributed by atoms with Crippen molar-refractivity contribution in [2.75, 3.05) is 25.5 Å². The SMILES string of the molecule is Nc1cccc(Br)c1CN1CCOCC1C(=O)NC1CC1. The molecule has 1 amide bonds. The van der Waals surface area contributed by atoms with Crippen LogP contribution in [0.5, 0.6) is 0 Å². The Balaban J connectivity index is 1.73. The summed E-state index contributed by atoms with van der Waals surface area (Å²) in [7, 11) is 0. The number of benzene rings is 1. The number of anilines is 1. The van der Waals surface area contributed by atoms with Crippen molar-refractivity contribution in [2.24, 2.45) is 0 Å². The molecule has 1 atom stereocenters. The fourth-order valence-corrected chi connectivity index (χ4v) is 3.05. The number of hydrogen-bond acceptors (Lipinski definition) is 4. The maximum absolute atomic E-state index is 12.3. The van der Waals surface area contributed by atoms with E-state index in [1.807, 2.05) is 18.2 Å². The fraction of sp³-hybridized carbons (Fsp3) is 0.533. The van der Waals surface area contributed by atoms with Crippen molar-refractivity contribution in [3.05, 3.63) is 28.2 Å². The lowest BCUT2D eigenvalue weighted by atomic mass is 10.1. The number of nitrogen functional groups attached to an aromatic ring is 1. The van der Waals surface area contributed by atoms with Gasteiger partial charge in [0.15, 0.2) is 0 Å². The van der Waals surface area contributed by atoms with E-state index in [-0.39, 0.29) is 11.9 Å². The Kier molecular flexibility index (Phi) is 4.47. The van der Waals surface area contributed by atoms with Crippen LogP contribution in [0.3, 0.4) is 0 Å². The number of nitrogens with one attached hydrogen (secondary N) is 1. The maximum Gasteiger partial charge on any atom is 0.239 e. The van der Waals surface area contributed by atoms with Crippen molar-refractivity contribution >= 4 is 27.5 Å². The molecule has 1 saturated heterocycles. The number of rotatable bonds is 4. The molecule has 114 valence electrons. The predicted octanol–water partition coefficient (Wildman–Crippen LogP) is 1.51. The van der Waals surface area contributed by atoms with Crippen molar-refractivity contribution in [1.29, 1.82) is 0 Å². The van der Waals surface area contributed by atoms with E-state index in [0.717, 1.165) is 35.1 Å². The summed E-state index contributed by atoms with van der Waals surface area (Å²) in [5, 5.41) is 3.06. The first-order chi connectivity index (χ1) is 10.1. The van der Waals surface area contributed by atoms with Crippen molar-refractivity contribution < 1.29 is 9.53 Å². The highest BCUT2D eigenvalue weighted by Gasteiger charge is 2.33. The topological polar surface area (TPSA) is 67.6 Å². The van der Waals surface area contributed by atoms with Crippen LogP contribution >= 0.6 is 15.9 Å². The van der Waals surface area contributed by atoms with Gasteiger partial charge in [0.2, 0.25) is 5.91 Å². The van der Waals surface area contributed by atoms with E-state index >= 15 is 0 Å². The van der Waals surface area contributed by atoms with E-state index in [1.165, 1.54) is 0 Å². The molecule has 0 spiro atoms. The summed E-state index contributed by atoms with van der Waals surface area (Å²) in [6, 6.07) is 5.92. The lowest BCUT2D eigenvalue weighted by molar-refractivity contribution is -0.133. The zero-order valence-corrected chi connectivity index (χ0v) is 13.4. The third kappa shape index (κ3) is 3.56. The average molecular weight is 354 g/mol. The summed E-state index contributed by atoms with van der Waals surface area (Å²) in [6.07, 6.45) is 2.19. The van der Waals surface area contributed by atoms with Crippen molar-refractivity contribution in [1.82, 2.24) is 10.2 Å². The van der Waals surface area contributed by atoms with Crippen LogP contribution in [-0.2, 0) is 16.1 Å². The predicted molar refractivity (Wildman–Crippen MR) is 84.7 cm³/mol. The highest BCUT2D eigenvalue weighted by molar-refractivity contribution is 9.10. The lowest BCUT2D eigenvalue weighted by Crippen LogP contribution is -2.53. The Labute approximate surface area is 132 Å². The molecule has 1 aromatic carbocycles. The Morgan fingerprint density at radius 2 is 2.29 bits per heavy atom. The monoisotopic (exact) mass is 353 g/mol. The summed E-state index contributed by atoms with van der Waals surface area (Å²) in [6.45, 7) is 2.49. The van der Waals surface area contributed by atoms with E-state index in [0.29, 0.717) is 25.8 Å². The first kappa shape index (κ1) is 14.8. The molecular weight excluding hydrogens is 334 g/mol. The molecule has 1 aromatic rings. The van der Waals surface area contributed by atoms with Gasteiger partial charge in [0.25, 0.3) is 0 Å². The molecule has 3 N–H and O–H groups in total. The van der Waals surface area contributed by atoms with Crippen molar-refractivity contribution in [3.63, 3.8) is 0 Å². The van der Waals surface area contributed by atoms with E-state index in [1.54, 1.807) is 0 Å². The van der Waals surface area contributed by atoms with Crippen LogP contribution in [0.25, 0.3) is 0 Å². The highest BCUT2D eigenvalue weighted by atomic mass is 79.9. The van der Waals surface area contributed by atoms with Crippen LogP contribution in [0.4, 0.5) is 5.69 Å².